The normalized spacial score (nSPS) is 11.4. The van der Waals surface area contributed by atoms with Gasteiger partial charge in [0.15, 0.2) is 0 Å². The number of rotatable bonds is 4. The molecule has 0 aliphatic carbocycles. The molecule has 1 aromatic heterocycles. The van der Waals surface area contributed by atoms with Crippen molar-refractivity contribution in [1.29, 1.82) is 0 Å². The van der Waals surface area contributed by atoms with Gasteiger partial charge in [-0.1, -0.05) is 0 Å². The average molecular weight is 269 g/mol. The molecule has 5 nitrogen and oxygen atoms in total. The van der Waals surface area contributed by atoms with E-state index in [1.807, 2.05) is 0 Å². The van der Waals surface area contributed by atoms with Crippen molar-refractivity contribution in [2.75, 3.05) is 4.72 Å². The van der Waals surface area contributed by atoms with Gasteiger partial charge in [-0.25, -0.2) is 12.8 Å². The molecule has 2 aromatic rings. The van der Waals surface area contributed by atoms with Gasteiger partial charge in [-0.2, -0.15) is 0 Å². The largest absolute Gasteiger partial charge is 0.363 e. The summed E-state index contributed by atoms with van der Waals surface area (Å²) in [4.78, 5) is 2.84. The highest BCUT2D eigenvalue weighted by molar-refractivity contribution is 7.92. The molecule has 96 valence electrons. The number of anilines is 1. The molecule has 0 atom stereocenters. The van der Waals surface area contributed by atoms with Gasteiger partial charge in [-0.15, -0.1) is 0 Å². The molecule has 0 saturated heterocycles. The van der Waals surface area contributed by atoms with E-state index in [0.29, 0.717) is 11.4 Å². The summed E-state index contributed by atoms with van der Waals surface area (Å²) in [6, 6.07) is 6.51. The average Bonchev–Trinajstić information content (AvgIpc) is 2.81. The minimum atomic E-state index is -3.67. The van der Waals surface area contributed by atoms with E-state index in [0.717, 1.165) is 0 Å². The zero-order valence-electron chi connectivity index (χ0n) is 9.35. The maximum absolute atomic E-state index is 12.7. The molecule has 1 heterocycles. The lowest BCUT2D eigenvalue weighted by molar-refractivity contribution is 0.601. The fourth-order valence-electron chi connectivity index (χ4n) is 1.42. The van der Waals surface area contributed by atoms with Crippen molar-refractivity contribution < 1.29 is 12.8 Å². The summed E-state index contributed by atoms with van der Waals surface area (Å²) < 4.78 is 38.9. The van der Waals surface area contributed by atoms with Gasteiger partial charge in [-0.3, -0.25) is 4.72 Å². The fraction of sp³-hybridized carbons (Fsp3) is 0.0909. The topological polar surface area (TPSA) is 88.0 Å². The summed E-state index contributed by atoms with van der Waals surface area (Å²) in [6.07, 6.45) is 1.36. The first-order valence-corrected chi connectivity index (χ1v) is 6.65. The summed E-state index contributed by atoms with van der Waals surface area (Å²) >= 11 is 0. The first kappa shape index (κ1) is 12.6. The third-order valence-corrected chi connectivity index (χ3v) is 3.70. The van der Waals surface area contributed by atoms with Crippen LogP contribution in [0.4, 0.5) is 10.1 Å². The van der Waals surface area contributed by atoms with Crippen molar-refractivity contribution in [3.05, 3.63) is 48.0 Å². The van der Waals surface area contributed by atoms with Crippen LogP contribution in [0.25, 0.3) is 0 Å². The number of sulfonamides is 1. The Morgan fingerprint density at radius 3 is 2.50 bits per heavy atom. The van der Waals surface area contributed by atoms with E-state index in [-0.39, 0.29) is 11.4 Å². The van der Waals surface area contributed by atoms with Gasteiger partial charge in [0.1, 0.15) is 10.7 Å². The number of halogens is 1. The second kappa shape index (κ2) is 4.79. The van der Waals surface area contributed by atoms with Crippen molar-refractivity contribution in [1.82, 2.24) is 4.98 Å². The number of hydrogen-bond acceptors (Lipinski definition) is 3. The highest BCUT2D eigenvalue weighted by Gasteiger charge is 2.15. The third kappa shape index (κ3) is 2.69. The van der Waals surface area contributed by atoms with E-state index in [4.69, 9.17) is 5.73 Å². The Hall–Kier alpha value is -1.86. The Balaban J connectivity index is 2.24. The van der Waals surface area contributed by atoms with Crippen molar-refractivity contribution >= 4 is 15.7 Å². The van der Waals surface area contributed by atoms with Crippen LogP contribution in [0.2, 0.25) is 0 Å². The van der Waals surface area contributed by atoms with Gasteiger partial charge in [0.25, 0.3) is 10.0 Å². The highest BCUT2D eigenvalue weighted by Crippen LogP contribution is 2.16. The quantitative estimate of drug-likeness (QED) is 0.784. The lowest BCUT2D eigenvalue weighted by atomic mass is 10.3. The van der Waals surface area contributed by atoms with Crippen LogP contribution in [0.1, 0.15) is 5.69 Å². The maximum atomic E-state index is 12.7. The molecule has 0 aliphatic heterocycles. The Kier molecular flexibility index (Phi) is 3.35. The first-order chi connectivity index (χ1) is 8.51. The molecule has 0 saturated carbocycles. The molecule has 4 N–H and O–H groups in total. The Morgan fingerprint density at radius 1 is 1.28 bits per heavy atom. The molecule has 2 rings (SSSR count). The molecule has 0 radical (unpaired) electrons. The highest BCUT2D eigenvalue weighted by atomic mass is 32.2. The summed E-state index contributed by atoms with van der Waals surface area (Å²) in [5.74, 6) is -0.426. The van der Waals surface area contributed by atoms with Crippen molar-refractivity contribution in [2.45, 2.75) is 11.4 Å². The van der Waals surface area contributed by atoms with E-state index in [1.54, 1.807) is 0 Å². The predicted molar refractivity (Wildman–Crippen MR) is 65.9 cm³/mol. The SMILES string of the molecule is NCc1cc(S(=O)(=O)Nc2ccc(F)cc2)c[nH]1. The van der Waals surface area contributed by atoms with Crippen LogP contribution < -0.4 is 10.5 Å². The number of hydrogen-bond donors (Lipinski definition) is 3. The molecule has 0 amide bonds. The van der Waals surface area contributed by atoms with Crippen molar-refractivity contribution in [2.24, 2.45) is 5.73 Å². The number of aromatic amines is 1. The Morgan fingerprint density at radius 2 is 1.94 bits per heavy atom. The molecule has 0 bridgehead atoms. The van der Waals surface area contributed by atoms with E-state index in [9.17, 15) is 12.8 Å². The van der Waals surface area contributed by atoms with Gasteiger partial charge in [0.2, 0.25) is 0 Å². The Labute approximate surface area is 104 Å². The van der Waals surface area contributed by atoms with E-state index < -0.39 is 15.8 Å². The third-order valence-electron chi connectivity index (χ3n) is 2.34. The van der Waals surface area contributed by atoms with E-state index >= 15 is 0 Å². The molecule has 18 heavy (non-hydrogen) atoms. The van der Waals surface area contributed by atoms with E-state index in [2.05, 4.69) is 9.71 Å². The van der Waals surface area contributed by atoms with Crippen LogP contribution in [-0.2, 0) is 16.6 Å². The van der Waals surface area contributed by atoms with Crippen molar-refractivity contribution in [3.8, 4) is 0 Å². The zero-order chi connectivity index (χ0) is 13.2. The second-order valence-electron chi connectivity index (χ2n) is 3.68. The maximum Gasteiger partial charge on any atom is 0.263 e. The zero-order valence-corrected chi connectivity index (χ0v) is 10.2. The molecular formula is C11H12FN3O2S. The van der Waals surface area contributed by atoms with Crippen LogP contribution in [-0.4, -0.2) is 13.4 Å². The van der Waals surface area contributed by atoms with E-state index in [1.165, 1.54) is 36.5 Å². The standard InChI is InChI=1S/C11H12FN3O2S/c12-8-1-3-9(4-2-8)15-18(16,17)11-5-10(6-13)14-7-11/h1-5,7,14-15H,6,13H2. The van der Waals surface area contributed by atoms with Gasteiger partial charge in [0, 0.05) is 24.1 Å². The molecule has 0 spiro atoms. The van der Waals surface area contributed by atoms with Crippen LogP contribution >= 0.6 is 0 Å². The summed E-state index contributed by atoms with van der Waals surface area (Å²) in [7, 11) is -3.67. The minimum absolute atomic E-state index is 0.0901. The summed E-state index contributed by atoms with van der Waals surface area (Å²) in [5, 5.41) is 0. The van der Waals surface area contributed by atoms with Crippen LogP contribution in [0.3, 0.4) is 0 Å². The molecule has 1 aromatic carbocycles. The van der Waals surface area contributed by atoms with Crippen LogP contribution in [0, 0.1) is 5.82 Å². The minimum Gasteiger partial charge on any atom is -0.363 e. The summed E-state index contributed by atoms with van der Waals surface area (Å²) in [5.41, 5.74) is 6.31. The molecular weight excluding hydrogens is 257 g/mol. The van der Waals surface area contributed by atoms with Gasteiger partial charge >= 0.3 is 0 Å². The molecule has 0 fully saturated rings. The molecule has 0 unspecified atom stereocenters. The predicted octanol–water partition coefficient (Wildman–Crippen LogP) is 1.41. The van der Waals surface area contributed by atoms with Crippen LogP contribution in [0.5, 0.6) is 0 Å². The summed E-state index contributed by atoms with van der Waals surface area (Å²) in [6.45, 7) is 0.228. The van der Waals surface area contributed by atoms with Crippen molar-refractivity contribution in [3.63, 3.8) is 0 Å². The molecule has 0 aliphatic rings. The number of nitrogens with one attached hydrogen (secondary N) is 2. The van der Waals surface area contributed by atoms with Gasteiger partial charge in [0.05, 0.1) is 0 Å². The van der Waals surface area contributed by atoms with Gasteiger partial charge < -0.3 is 10.7 Å². The smallest absolute Gasteiger partial charge is 0.263 e. The van der Waals surface area contributed by atoms with Gasteiger partial charge in [-0.05, 0) is 30.3 Å². The number of H-pyrrole nitrogens is 1. The fourth-order valence-corrected chi connectivity index (χ4v) is 2.50. The lowest BCUT2D eigenvalue weighted by Gasteiger charge is -2.05. The number of benzene rings is 1. The second-order valence-corrected chi connectivity index (χ2v) is 5.36. The monoisotopic (exact) mass is 269 g/mol. The first-order valence-electron chi connectivity index (χ1n) is 5.17. The van der Waals surface area contributed by atoms with Crippen LogP contribution in [0.15, 0.2) is 41.4 Å². The number of aromatic nitrogens is 1. The molecule has 7 heteroatoms. The lowest BCUT2D eigenvalue weighted by Crippen LogP contribution is -2.12. The number of nitrogens with two attached hydrogens (primary N) is 1. The Bertz CT molecular complexity index is 635.